The van der Waals surface area contributed by atoms with E-state index in [1.165, 1.54) is 22.8 Å². The molecule has 0 amide bonds. The van der Waals surface area contributed by atoms with E-state index in [0.29, 0.717) is 22.7 Å². The second kappa shape index (κ2) is 10.2. The molecule has 1 aliphatic heterocycles. The van der Waals surface area contributed by atoms with Crippen LogP contribution < -0.4 is 16.1 Å². The van der Waals surface area contributed by atoms with E-state index in [1.54, 1.807) is 7.05 Å². The second-order valence-electron chi connectivity index (χ2n) is 9.40. The van der Waals surface area contributed by atoms with Gasteiger partial charge in [0, 0.05) is 32.2 Å². The zero-order chi connectivity index (χ0) is 25.2. The van der Waals surface area contributed by atoms with E-state index >= 15 is 0 Å². The van der Waals surface area contributed by atoms with Crippen molar-refractivity contribution >= 4 is 28.7 Å². The molecule has 0 saturated carbocycles. The van der Waals surface area contributed by atoms with Gasteiger partial charge in [-0.3, -0.25) is 18.5 Å². The topological polar surface area (TPSA) is 65.1 Å². The molecule has 1 fully saturated rings. The van der Waals surface area contributed by atoms with Crippen LogP contribution in [-0.4, -0.2) is 31.8 Å². The lowest BCUT2D eigenvalue weighted by Gasteiger charge is -2.22. The van der Waals surface area contributed by atoms with Crippen molar-refractivity contribution in [1.82, 2.24) is 18.7 Å². The van der Waals surface area contributed by atoms with Gasteiger partial charge in [-0.15, -0.1) is 0 Å². The number of halogens is 1. The van der Waals surface area contributed by atoms with Gasteiger partial charge in [-0.2, -0.15) is 4.98 Å². The summed E-state index contributed by atoms with van der Waals surface area (Å²) >= 11 is 6.10. The summed E-state index contributed by atoms with van der Waals surface area (Å²) in [6.07, 6.45) is 6.27. The monoisotopic (exact) mass is 503 g/mol. The van der Waals surface area contributed by atoms with E-state index in [2.05, 4.69) is 35.2 Å². The summed E-state index contributed by atoms with van der Waals surface area (Å²) in [4.78, 5) is 33.0. The molecular weight excluding hydrogens is 474 g/mol. The van der Waals surface area contributed by atoms with Crippen LogP contribution in [0.5, 0.6) is 0 Å². The van der Waals surface area contributed by atoms with Crippen molar-refractivity contribution in [3.05, 3.63) is 103 Å². The Morgan fingerprint density at radius 3 is 2.42 bits per heavy atom. The fourth-order valence-corrected chi connectivity index (χ4v) is 5.02. The smallest absolute Gasteiger partial charge is 0.332 e. The molecule has 1 aliphatic rings. The summed E-state index contributed by atoms with van der Waals surface area (Å²) in [5.41, 5.74) is 3.91. The molecule has 0 spiro atoms. The Morgan fingerprint density at radius 1 is 0.917 bits per heavy atom. The van der Waals surface area contributed by atoms with Gasteiger partial charge in [-0.05, 0) is 48.9 Å². The van der Waals surface area contributed by atoms with Crippen LogP contribution in [0, 0.1) is 0 Å². The van der Waals surface area contributed by atoms with E-state index in [-0.39, 0.29) is 11.2 Å². The SMILES string of the molecule is Cn1c(=O)c2c(nc(N3CCC/C(=C\Cc4ccccc4)CC3)n2Cc2ccc(Cl)cc2)n(C)c1=O. The Morgan fingerprint density at radius 2 is 1.67 bits per heavy atom. The molecule has 3 heterocycles. The minimum absolute atomic E-state index is 0.334. The van der Waals surface area contributed by atoms with E-state index in [4.69, 9.17) is 16.6 Å². The number of hydrogen-bond acceptors (Lipinski definition) is 4. The zero-order valence-electron chi connectivity index (χ0n) is 20.7. The normalized spacial score (nSPS) is 15.5. The molecule has 0 radical (unpaired) electrons. The van der Waals surface area contributed by atoms with Crippen molar-refractivity contribution in [2.45, 2.75) is 32.2 Å². The number of aromatic nitrogens is 4. The molecule has 1 saturated heterocycles. The van der Waals surface area contributed by atoms with Gasteiger partial charge in [0.15, 0.2) is 11.2 Å². The molecule has 0 aliphatic carbocycles. The summed E-state index contributed by atoms with van der Waals surface area (Å²) in [7, 11) is 3.18. The molecule has 4 aromatic rings. The lowest BCUT2D eigenvalue weighted by Crippen LogP contribution is -2.37. The lowest BCUT2D eigenvalue weighted by atomic mass is 10.0. The minimum Gasteiger partial charge on any atom is -0.342 e. The third-order valence-electron chi connectivity index (χ3n) is 6.96. The molecule has 186 valence electrons. The quantitative estimate of drug-likeness (QED) is 0.381. The first-order valence-electron chi connectivity index (χ1n) is 12.3. The molecule has 0 unspecified atom stereocenters. The lowest BCUT2D eigenvalue weighted by molar-refractivity contribution is 0.698. The van der Waals surface area contributed by atoms with Crippen molar-refractivity contribution in [1.29, 1.82) is 0 Å². The number of aryl methyl sites for hydroxylation is 1. The number of benzene rings is 2. The molecule has 2 aromatic carbocycles. The Labute approximate surface area is 214 Å². The van der Waals surface area contributed by atoms with Crippen LogP contribution in [0.15, 0.2) is 75.8 Å². The van der Waals surface area contributed by atoms with Crippen LogP contribution in [0.3, 0.4) is 0 Å². The summed E-state index contributed by atoms with van der Waals surface area (Å²) in [5.74, 6) is 0.725. The second-order valence-corrected chi connectivity index (χ2v) is 9.83. The van der Waals surface area contributed by atoms with Gasteiger partial charge in [0.25, 0.3) is 5.56 Å². The standard InChI is InChI=1S/C28H30ClN5O2/c1-31-25-24(26(35)32(2)28(31)36)34(19-22-12-14-23(29)15-13-22)27(30-25)33-17-6-9-21(16-18-33)11-10-20-7-4-3-5-8-20/h3-5,7-8,11-15H,6,9-10,16-19H2,1-2H3/b21-11+. The number of nitrogens with zero attached hydrogens (tertiary/aromatic N) is 5. The average molecular weight is 504 g/mol. The van der Waals surface area contributed by atoms with Gasteiger partial charge in [-0.25, -0.2) is 4.79 Å². The van der Waals surface area contributed by atoms with E-state index in [9.17, 15) is 9.59 Å². The number of allylic oxidation sites excluding steroid dienone is 1. The third kappa shape index (κ3) is 4.75. The van der Waals surface area contributed by atoms with Crippen LogP contribution >= 0.6 is 11.6 Å². The Bertz CT molecular complexity index is 1530. The maximum Gasteiger partial charge on any atom is 0.332 e. The van der Waals surface area contributed by atoms with Crippen LogP contribution in [-0.2, 0) is 27.1 Å². The van der Waals surface area contributed by atoms with Gasteiger partial charge < -0.3 is 4.90 Å². The van der Waals surface area contributed by atoms with Gasteiger partial charge >= 0.3 is 5.69 Å². The summed E-state index contributed by atoms with van der Waals surface area (Å²) in [5, 5.41) is 0.662. The molecule has 8 heteroatoms. The molecule has 0 bridgehead atoms. The zero-order valence-corrected chi connectivity index (χ0v) is 21.4. The summed E-state index contributed by atoms with van der Waals surface area (Å²) in [6.45, 7) is 2.10. The minimum atomic E-state index is -0.378. The number of fused-ring (bicyclic) bond motifs is 1. The maximum absolute atomic E-state index is 13.2. The summed E-state index contributed by atoms with van der Waals surface area (Å²) in [6, 6.07) is 18.1. The van der Waals surface area contributed by atoms with Gasteiger partial charge in [0.05, 0.1) is 6.54 Å². The van der Waals surface area contributed by atoms with Crippen molar-refractivity contribution in [2.75, 3.05) is 18.0 Å². The summed E-state index contributed by atoms with van der Waals surface area (Å²) < 4.78 is 4.57. The molecule has 5 rings (SSSR count). The van der Waals surface area contributed by atoms with Crippen LogP contribution in [0.4, 0.5) is 5.95 Å². The highest BCUT2D eigenvalue weighted by Crippen LogP contribution is 2.26. The fraction of sp³-hybridized carbons (Fsp3) is 0.321. The highest BCUT2D eigenvalue weighted by atomic mass is 35.5. The average Bonchev–Trinajstić information content (AvgIpc) is 3.10. The van der Waals surface area contributed by atoms with E-state index in [1.807, 2.05) is 34.9 Å². The van der Waals surface area contributed by atoms with Crippen LogP contribution in [0.1, 0.15) is 30.4 Å². The molecule has 7 nitrogen and oxygen atoms in total. The molecule has 2 aromatic heterocycles. The Balaban J connectivity index is 1.51. The number of hydrogen-bond donors (Lipinski definition) is 0. The third-order valence-corrected chi connectivity index (χ3v) is 7.21. The molecule has 0 N–H and O–H groups in total. The van der Waals surface area contributed by atoms with Crippen molar-refractivity contribution in [3.8, 4) is 0 Å². The van der Waals surface area contributed by atoms with Gasteiger partial charge in [0.1, 0.15) is 0 Å². The van der Waals surface area contributed by atoms with Crippen LogP contribution in [0.25, 0.3) is 11.2 Å². The first-order chi connectivity index (χ1) is 17.4. The van der Waals surface area contributed by atoms with Crippen molar-refractivity contribution in [3.63, 3.8) is 0 Å². The fourth-order valence-electron chi connectivity index (χ4n) is 4.89. The number of imidazole rings is 1. The first kappa shape index (κ1) is 24.1. The van der Waals surface area contributed by atoms with Crippen LogP contribution in [0.2, 0.25) is 5.02 Å². The number of rotatable bonds is 5. The van der Waals surface area contributed by atoms with Gasteiger partial charge in [-0.1, -0.05) is 65.7 Å². The maximum atomic E-state index is 13.2. The van der Waals surface area contributed by atoms with E-state index in [0.717, 1.165) is 54.9 Å². The molecule has 0 atom stereocenters. The highest BCUT2D eigenvalue weighted by molar-refractivity contribution is 6.30. The highest BCUT2D eigenvalue weighted by Gasteiger charge is 2.24. The van der Waals surface area contributed by atoms with Crippen molar-refractivity contribution < 1.29 is 0 Å². The van der Waals surface area contributed by atoms with Gasteiger partial charge in [0.2, 0.25) is 5.95 Å². The largest absolute Gasteiger partial charge is 0.342 e. The predicted octanol–water partition coefficient (Wildman–Crippen LogP) is 4.29. The number of anilines is 1. The molecule has 36 heavy (non-hydrogen) atoms. The predicted molar refractivity (Wildman–Crippen MR) is 145 cm³/mol. The Hall–Kier alpha value is -3.58. The first-order valence-corrected chi connectivity index (χ1v) is 12.7. The van der Waals surface area contributed by atoms with E-state index < -0.39 is 0 Å². The van der Waals surface area contributed by atoms with Crippen molar-refractivity contribution in [2.24, 2.45) is 14.1 Å². The Kier molecular flexibility index (Phi) is 6.83. The molecular formula is C28H30ClN5O2.